The third-order valence-corrected chi connectivity index (χ3v) is 1.45. The molecule has 1 rings (SSSR count). The van der Waals surface area contributed by atoms with Crippen LogP contribution in [0.1, 0.15) is 12.2 Å². The maximum atomic E-state index is 11.1. The quantitative estimate of drug-likeness (QED) is 0.632. The average Bonchev–Trinajstić information content (AvgIpc) is 2.64. The van der Waals surface area contributed by atoms with Crippen molar-refractivity contribution in [2.24, 2.45) is 0 Å². The molecule has 1 aromatic heterocycles. The number of hydrogen-bond acceptors (Lipinski definition) is 5. The Kier molecular flexibility index (Phi) is 3.90. The lowest BCUT2D eigenvalue weighted by molar-refractivity contribution is -0.121. The summed E-state index contributed by atoms with van der Waals surface area (Å²) in [5, 5.41) is 9.09. The molecule has 1 aromatic rings. The minimum absolute atomic E-state index is 0.0286. The highest BCUT2D eigenvalue weighted by molar-refractivity contribution is 5.75. The van der Waals surface area contributed by atoms with Crippen molar-refractivity contribution >= 4 is 5.91 Å². The molecule has 0 saturated carbocycles. The van der Waals surface area contributed by atoms with E-state index in [9.17, 15) is 4.79 Å². The molecule has 6 nitrogen and oxygen atoms in total. The van der Waals surface area contributed by atoms with Gasteiger partial charge in [-0.25, -0.2) is 0 Å². The monoisotopic (exact) mass is 184 g/mol. The topological polar surface area (TPSA) is 80.0 Å². The average molecular weight is 184 g/mol. The SMILES string of the molecule is CNCCC(=O)NCc1ncon1. The summed E-state index contributed by atoms with van der Waals surface area (Å²) in [7, 11) is 1.80. The van der Waals surface area contributed by atoms with E-state index in [0.29, 0.717) is 25.3 Å². The maximum Gasteiger partial charge on any atom is 0.221 e. The number of amides is 1. The maximum absolute atomic E-state index is 11.1. The van der Waals surface area contributed by atoms with E-state index in [4.69, 9.17) is 0 Å². The van der Waals surface area contributed by atoms with E-state index in [0.717, 1.165) is 0 Å². The van der Waals surface area contributed by atoms with Gasteiger partial charge >= 0.3 is 0 Å². The summed E-state index contributed by atoms with van der Waals surface area (Å²) in [5.74, 6) is 0.456. The summed E-state index contributed by atoms with van der Waals surface area (Å²) in [6.45, 7) is 0.983. The second-order valence-corrected chi connectivity index (χ2v) is 2.48. The van der Waals surface area contributed by atoms with Gasteiger partial charge < -0.3 is 15.2 Å². The fourth-order valence-corrected chi connectivity index (χ4v) is 0.775. The van der Waals surface area contributed by atoms with Crippen molar-refractivity contribution < 1.29 is 9.32 Å². The molecule has 1 heterocycles. The minimum atomic E-state index is -0.0286. The third-order valence-electron chi connectivity index (χ3n) is 1.45. The molecule has 0 unspecified atom stereocenters. The Morgan fingerprint density at radius 2 is 2.54 bits per heavy atom. The number of nitrogens with one attached hydrogen (secondary N) is 2. The van der Waals surface area contributed by atoms with Gasteiger partial charge in [-0.15, -0.1) is 0 Å². The lowest BCUT2D eigenvalue weighted by Crippen LogP contribution is -2.26. The van der Waals surface area contributed by atoms with E-state index in [-0.39, 0.29) is 5.91 Å². The van der Waals surface area contributed by atoms with Crippen LogP contribution in [-0.4, -0.2) is 29.6 Å². The summed E-state index contributed by atoms with van der Waals surface area (Å²) in [5.41, 5.74) is 0. The Morgan fingerprint density at radius 1 is 1.69 bits per heavy atom. The first kappa shape index (κ1) is 9.66. The minimum Gasteiger partial charge on any atom is -0.349 e. The number of carbonyl (C=O) groups excluding carboxylic acids is 1. The van der Waals surface area contributed by atoms with Gasteiger partial charge in [0.2, 0.25) is 12.3 Å². The Bertz CT molecular complexity index is 247. The van der Waals surface area contributed by atoms with Gasteiger partial charge in [0.25, 0.3) is 0 Å². The molecule has 0 fully saturated rings. The van der Waals surface area contributed by atoms with Crippen molar-refractivity contribution in [1.82, 2.24) is 20.8 Å². The predicted octanol–water partition coefficient (Wildman–Crippen LogP) is -0.705. The molecular formula is C7H12N4O2. The molecule has 0 bridgehead atoms. The van der Waals surface area contributed by atoms with Crippen LogP contribution in [0, 0.1) is 0 Å². The van der Waals surface area contributed by atoms with Crippen LogP contribution in [0.3, 0.4) is 0 Å². The zero-order valence-corrected chi connectivity index (χ0v) is 7.41. The van der Waals surface area contributed by atoms with Crippen LogP contribution in [0.25, 0.3) is 0 Å². The Morgan fingerprint density at radius 3 is 3.15 bits per heavy atom. The molecule has 0 aliphatic carbocycles. The number of carbonyl (C=O) groups is 1. The second kappa shape index (κ2) is 5.26. The molecule has 0 atom stereocenters. The van der Waals surface area contributed by atoms with Crippen molar-refractivity contribution in [2.75, 3.05) is 13.6 Å². The van der Waals surface area contributed by atoms with E-state index in [1.807, 2.05) is 0 Å². The largest absolute Gasteiger partial charge is 0.349 e. The van der Waals surface area contributed by atoms with Gasteiger partial charge in [-0.2, -0.15) is 4.98 Å². The first-order chi connectivity index (χ1) is 6.33. The van der Waals surface area contributed by atoms with E-state index in [1.165, 1.54) is 6.39 Å². The number of hydrogen-bond donors (Lipinski definition) is 2. The van der Waals surface area contributed by atoms with Crippen molar-refractivity contribution in [3.63, 3.8) is 0 Å². The highest BCUT2D eigenvalue weighted by Gasteiger charge is 2.02. The van der Waals surface area contributed by atoms with Gasteiger partial charge in [0, 0.05) is 13.0 Å². The van der Waals surface area contributed by atoms with Crippen molar-refractivity contribution in [3.05, 3.63) is 12.2 Å². The van der Waals surface area contributed by atoms with Crippen LogP contribution in [0.2, 0.25) is 0 Å². The molecule has 0 aliphatic rings. The molecule has 0 aliphatic heterocycles. The second-order valence-electron chi connectivity index (χ2n) is 2.48. The van der Waals surface area contributed by atoms with E-state index in [2.05, 4.69) is 25.3 Å². The van der Waals surface area contributed by atoms with Crippen molar-refractivity contribution in [3.8, 4) is 0 Å². The van der Waals surface area contributed by atoms with Gasteiger partial charge in [-0.3, -0.25) is 4.79 Å². The van der Waals surface area contributed by atoms with Crippen LogP contribution in [-0.2, 0) is 11.3 Å². The van der Waals surface area contributed by atoms with Gasteiger partial charge in [-0.1, -0.05) is 5.16 Å². The fourth-order valence-electron chi connectivity index (χ4n) is 0.775. The smallest absolute Gasteiger partial charge is 0.221 e. The van der Waals surface area contributed by atoms with Crippen LogP contribution >= 0.6 is 0 Å². The van der Waals surface area contributed by atoms with E-state index in [1.54, 1.807) is 7.05 Å². The summed E-state index contributed by atoms with van der Waals surface area (Å²) >= 11 is 0. The van der Waals surface area contributed by atoms with Crippen molar-refractivity contribution in [1.29, 1.82) is 0 Å². The highest BCUT2D eigenvalue weighted by atomic mass is 16.5. The molecule has 72 valence electrons. The van der Waals surface area contributed by atoms with Crippen LogP contribution in [0.5, 0.6) is 0 Å². The molecule has 0 saturated heterocycles. The highest BCUT2D eigenvalue weighted by Crippen LogP contribution is 1.87. The summed E-state index contributed by atoms with van der Waals surface area (Å²) in [4.78, 5) is 14.8. The molecular weight excluding hydrogens is 172 g/mol. The summed E-state index contributed by atoms with van der Waals surface area (Å²) < 4.78 is 4.50. The third kappa shape index (κ3) is 3.66. The summed E-state index contributed by atoms with van der Waals surface area (Å²) in [6, 6.07) is 0. The van der Waals surface area contributed by atoms with E-state index >= 15 is 0 Å². The normalized spacial score (nSPS) is 9.92. The lowest BCUT2D eigenvalue weighted by atomic mass is 10.4. The fraction of sp³-hybridized carbons (Fsp3) is 0.571. The molecule has 0 spiro atoms. The standard InChI is InChI=1S/C7H12N4O2/c1-8-3-2-7(12)9-4-6-10-5-13-11-6/h5,8H,2-4H2,1H3,(H,9,12). The molecule has 6 heteroatoms. The zero-order valence-electron chi connectivity index (χ0n) is 7.41. The predicted molar refractivity (Wildman–Crippen MR) is 44.7 cm³/mol. The van der Waals surface area contributed by atoms with Gasteiger partial charge in [0.15, 0.2) is 5.82 Å². The number of nitrogens with zero attached hydrogens (tertiary/aromatic N) is 2. The van der Waals surface area contributed by atoms with Gasteiger partial charge in [0.1, 0.15) is 0 Å². The number of aromatic nitrogens is 2. The summed E-state index contributed by atoms with van der Waals surface area (Å²) in [6.07, 6.45) is 1.68. The van der Waals surface area contributed by atoms with Gasteiger partial charge in [0.05, 0.1) is 6.54 Å². The molecule has 0 radical (unpaired) electrons. The molecule has 2 N–H and O–H groups in total. The lowest BCUT2D eigenvalue weighted by Gasteiger charge is -2.00. The first-order valence-electron chi connectivity index (χ1n) is 3.99. The first-order valence-corrected chi connectivity index (χ1v) is 3.99. The molecule has 0 aromatic carbocycles. The Hall–Kier alpha value is -1.43. The van der Waals surface area contributed by atoms with Crippen LogP contribution < -0.4 is 10.6 Å². The van der Waals surface area contributed by atoms with Crippen LogP contribution in [0.15, 0.2) is 10.9 Å². The molecule has 13 heavy (non-hydrogen) atoms. The van der Waals surface area contributed by atoms with Crippen molar-refractivity contribution in [2.45, 2.75) is 13.0 Å². The van der Waals surface area contributed by atoms with Crippen LogP contribution in [0.4, 0.5) is 0 Å². The Labute approximate surface area is 75.7 Å². The molecule has 1 amide bonds. The Balaban J connectivity index is 2.15. The van der Waals surface area contributed by atoms with Gasteiger partial charge in [-0.05, 0) is 7.05 Å². The number of rotatable bonds is 5. The zero-order chi connectivity index (χ0) is 9.52. The van der Waals surface area contributed by atoms with E-state index < -0.39 is 0 Å².